The van der Waals surface area contributed by atoms with Crippen LogP contribution in [0.4, 0.5) is 0 Å². The van der Waals surface area contributed by atoms with Gasteiger partial charge in [0.1, 0.15) is 12.4 Å². The smallest absolute Gasteiger partial charge is 0.264 e. The van der Waals surface area contributed by atoms with Crippen molar-refractivity contribution in [3.8, 4) is 5.75 Å². The monoisotopic (exact) mass is 391 g/mol. The average Bonchev–Trinajstić information content (AvgIpc) is 2.60. The minimum Gasteiger partial charge on any atom is -0.488 e. The van der Waals surface area contributed by atoms with Crippen molar-refractivity contribution in [2.45, 2.75) is 11.8 Å². The lowest BCUT2D eigenvalue weighted by Gasteiger charge is -2.17. The highest BCUT2D eigenvalue weighted by Gasteiger charge is 2.23. The summed E-state index contributed by atoms with van der Waals surface area (Å²) in [6.07, 6.45) is 1.54. The van der Waals surface area contributed by atoms with Crippen molar-refractivity contribution >= 4 is 39.4 Å². The number of ketones is 1. The topological polar surface area (TPSA) is 89.5 Å². The quantitative estimate of drug-likeness (QED) is 0.809. The number of hydrogen-bond donors (Lipinski definition) is 1. The number of halogens is 1. The summed E-state index contributed by atoms with van der Waals surface area (Å²) in [4.78, 5) is 23.5. The first-order valence-electron chi connectivity index (χ1n) is 7.57. The Balaban J connectivity index is 1.82. The zero-order chi connectivity index (χ0) is 18.9. The van der Waals surface area contributed by atoms with Gasteiger partial charge in [0.15, 0.2) is 5.78 Å². The molecule has 3 rings (SSSR count). The van der Waals surface area contributed by atoms with Crippen LogP contribution in [0.5, 0.6) is 5.75 Å². The molecule has 1 aliphatic rings. The number of benzene rings is 2. The van der Waals surface area contributed by atoms with Gasteiger partial charge in [0.2, 0.25) is 0 Å². The number of Topliss-reactive ketones (excluding diaryl/α,β-unsaturated/α-hetero) is 1. The molecule has 26 heavy (non-hydrogen) atoms. The fourth-order valence-corrected chi connectivity index (χ4v) is 3.56. The normalized spacial score (nSPS) is 13.2. The van der Waals surface area contributed by atoms with Crippen molar-refractivity contribution in [2.24, 2.45) is 0 Å². The highest BCUT2D eigenvalue weighted by Crippen LogP contribution is 2.29. The minimum atomic E-state index is -4.07. The van der Waals surface area contributed by atoms with E-state index in [-0.39, 0.29) is 22.9 Å². The molecule has 6 nitrogen and oxygen atoms in total. The number of amides is 1. The fraction of sp³-hybridized carbons (Fsp3) is 0.111. The van der Waals surface area contributed by atoms with E-state index >= 15 is 0 Å². The van der Waals surface area contributed by atoms with E-state index in [0.717, 1.165) is 0 Å². The predicted octanol–water partition coefficient (Wildman–Crippen LogP) is 2.82. The lowest BCUT2D eigenvalue weighted by atomic mass is 10.1. The number of nitrogens with one attached hydrogen (secondary N) is 1. The van der Waals surface area contributed by atoms with Crippen LogP contribution in [0, 0.1) is 0 Å². The molecule has 0 atom stereocenters. The number of hydrogen-bond acceptors (Lipinski definition) is 5. The Morgan fingerprint density at radius 3 is 2.46 bits per heavy atom. The summed E-state index contributed by atoms with van der Waals surface area (Å²) in [5.74, 6) is -0.403. The van der Waals surface area contributed by atoms with Gasteiger partial charge in [-0.15, -0.1) is 0 Å². The van der Waals surface area contributed by atoms with Crippen LogP contribution >= 0.6 is 11.6 Å². The zero-order valence-corrected chi connectivity index (χ0v) is 15.2. The van der Waals surface area contributed by atoms with Crippen molar-refractivity contribution in [3.63, 3.8) is 0 Å². The molecule has 2 aromatic rings. The van der Waals surface area contributed by atoms with Gasteiger partial charge >= 0.3 is 0 Å². The molecule has 0 bridgehead atoms. The van der Waals surface area contributed by atoms with Gasteiger partial charge in [-0.2, -0.15) is 0 Å². The molecule has 2 aromatic carbocycles. The Morgan fingerprint density at radius 1 is 1.12 bits per heavy atom. The summed E-state index contributed by atoms with van der Waals surface area (Å²) in [6, 6.07) is 10.3. The van der Waals surface area contributed by atoms with Crippen LogP contribution in [0.1, 0.15) is 22.8 Å². The maximum atomic E-state index is 12.4. The number of carbonyl (C=O) groups excluding carboxylic acids is 2. The molecular weight excluding hydrogens is 378 g/mol. The Morgan fingerprint density at radius 2 is 1.81 bits per heavy atom. The van der Waals surface area contributed by atoms with E-state index in [1.165, 1.54) is 37.3 Å². The Hall–Kier alpha value is -2.64. The van der Waals surface area contributed by atoms with Crippen LogP contribution in [-0.2, 0) is 14.8 Å². The maximum absolute atomic E-state index is 12.4. The zero-order valence-electron chi connectivity index (χ0n) is 13.7. The second-order valence-electron chi connectivity index (χ2n) is 5.66. The van der Waals surface area contributed by atoms with Crippen LogP contribution in [0.3, 0.4) is 0 Å². The summed E-state index contributed by atoms with van der Waals surface area (Å²) in [5.41, 5.74) is 1.13. The molecule has 1 aliphatic heterocycles. The fourth-order valence-electron chi connectivity index (χ4n) is 2.39. The summed E-state index contributed by atoms with van der Waals surface area (Å²) < 4.78 is 32.2. The summed E-state index contributed by atoms with van der Waals surface area (Å²) in [7, 11) is -4.07. The molecule has 0 spiro atoms. The van der Waals surface area contributed by atoms with Crippen LogP contribution in [0.15, 0.2) is 52.9 Å². The molecule has 0 fully saturated rings. The molecule has 134 valence electrons. The third-order valence-electron chi connectivity index (χ3n) is 3.77. The van der Waals surface area contributed by atoms with E-state index in [4.69, 9.17) is 16.3 Å². The van der Waals surface area contributed by atoms with Crippen LogP contribution < -0.4 is 9.46 Å². The van der Waals surface area contributed by atoms with Gasteiger partial charge in [-0.3, -0.25) is 9.59 Å². The standard InChI is InChI=1S/C18H14ClNO5S/c1-11(21)12-2-5-16(6-3-12)26(23,24)20-18(22)14-8-13-9-15(19)4-7-17(13)25-10-14/h2-9H,10H2,1H3,(H,20,22). The Kier molecular flexibility index (Phi) is 4.84. The molecule has 0 aromatic heterocycles. The molecule has 0 saturated carbocycles. The third kappa shape index (κ3) is 3.79. The van der Waals surface area contributed by atoms with Crippen molar-refractivity contribution < 1.29 is 22.7 Å². The highest BCUT2D eigenvalue weighted by molar-refractivity contribution is 7.90. The summed E-state index contributed by atoms with van der Waals surface area (Å²) >= 11 is 5.92. The molecule has 0 aliphatic carbocycles. The molecule has 0 unspecified atom stereocenters. The van der Waals surface area contributed by atoms with Crippen LogP contribution in [0.25, 0.3) is 6.08 Å². The van der Waals surface area contributed by atoms with E-state index in [1.807, 2.05) is 4.72 Å². The lowest BCUT2D eigenvalue weighted by Crippen LogP contribution is -2.33. The first-order chi connectivity index (χ1) is 12.3. The summed E-state index contributed by atoms with van der Waals surface area (Å²) in [6.45, 7) is 1.32. The maximum Gasteiger partial charge on any atom is 0.264 e. The Labute approximate surface area is 155 Å². The van der Waals surface area contributed by atoms with Gasteiger partial charge < -0.3 is 4.74 Å². The number of rotatable bonds is 4. The second-order valence-corrected chi connectivity index (χ2v) is 7.77. The van der Waals surface area contributed by atoms with E-state index in [9.17, 15) is 18.0 Å². The first kappa shape index (κ1) is 18.2. The van der Waals surface area contributed by atoms with E-state index in [2.05, 4.69) is 0 Å². The highest BCUT2D eigenvalue weighted by atomic mass is 35.5. The minimum absolute atomic E-state index is 0.0563. The lowest BCUT2D eigenvalue weighted by molar-refractivity contribution is -0.116. The Bertz CT molecular complexity index is 1030. The summed E-state index contributed by atoms with van der Waals surface area (Å²) in [5, 5.41) is 0.475. The molecule has 1 heterocycles. The van der Waals surface area contributed by atoms with Crippen LogP contribution in [-0.4, -0.2) is 26.7 Å². The molecule has 8 heteroatoms. The largest absolute Gasteiger partial charge is 0.488 e. The molecule has 0 radical (unpaired) electrons. The van der Waals surface area contributed by atoms with Crippen molar-refractivity contribution in [1.82, 2.24) is 4.72 Å². The van der Waals surface area contributed by atoms with Gasteiger partial charge in [-0.1, -0.05) is 23.7 Å². The number of fused-ring (bicyclic) bond motifs is 1. The molecule has 1 amide bonds. The van der Waals surface area contributed by atoms with Gasteiger partial charge in [-0.25, -0.2) is 13.1 Å². The first-order valence-corrected chi connectivity index (χ1v) is 9.43. The number of sulfonamides is 1. The van der Waals surface area contributed by atoms with Gasteiger partial charge in [0, 0.05) is 16.1 Å². The molecule has 1 N–H and O–H groups in total. The van der Waals surface area contributed by atoms with Gasteiger partial charge in [0.25, 0.3) is 15.9 Å². The number of ether oxygens (including phenoxy) is 1. The van der Waals surface area contributed by atoms with E-state index in [0.29, 0.717) is 21.9 Å². The van der Waals surface area contributed by atoms with Gasteiger partial charge in [-0.05, 0) is 43.3 Å². The molecular formula is C18H14ClNO5S. The van der Waals surface area contributed by atoms with Crippen molar-refractivity contribution in [2.75, 3.05) is 6.61 Å². The SMILES string of the molecule is CC(=O)c1ccc(S(=O)(=O)NC(=O)C2=Cc3cc(Cl)ccc3OC2)cc1. The van der Waals surface area contributed by atoms with E-state index < -0.39 is 15.9 Å². The predicted molar refractivity (Wildman–Crippen MR) is 96.7 cm³/mol. The van der Waals surface area contributed by atoms with E-state index in [1.54, 1.807) is 18.2 Å². The molecule has 0 saturated heterocycles. The van der Waals surface area contributed by atoms with Gasteiger partial charge in [0.05, 0.1) is 10.5 Å². The van der Waals surface area contributed by atoms with Crippen LogP contribution in [0.2, 0.25) is 5.02 Å². The average molecular weight is 392 g/mol. The van der Waals surface area contributed by atoms with Crippen molar-refractivity contribution in [1.29, 1.82) is 0 Å². The second kappa shape index (κ2) is 6.93. The number of carbonyl (C=O) groups is 2. The third-order valence-corrected chi connectivity index (χ3v) is 5.36. The van der Waals surface area contributed by atoms with Crippen molar-refractivity contribution in [3.05, 3.63) is 64.2 Å².